The van der Waals surface area contributed by atoms with Crippen molar-refractivity contribution in [1.82, 2.24) is 10.6 Å². The molecule has 6 heteroatoms. The van der Waals surface area contributed by atoms with E-state index in [-0.39, 0.29) is 17.7 Å². The molecule has 0 spiro atoms. The van der Waals surface area contributed by atoms with Crippen LogP contribution in [0, 0.1) is 5.92 Å². The fraction of sp³-hybridized carbons (Fsp3) is 0.500. The van der Waals surface area contributed by atoms with E-state index in [0.717, 1.165) is 0 Å². The van der Waals surface area contributed by atoms with Crippen LogP contribution in [0.3, 0.4) is 0 Å². The summed E-state index contributed by atoms with van der Waals surface area (Å²) in [6.45, 7) is 5.05. The second-order valence-electron chi connectivity index (χ2n) is 5.60. The van der Waals surface area contributed by atoms with Gasteiger partial charge in [-0.2, -0.15) is 0 Å². The summed E-state index contributed by atoms with van der Waals surface area (Å²) >= 11 is 5.81. The smallest absolute Gasteiger partial charge is 0.251 e. The molecule has 0 heterocycles. The van der Waals surface area contributed by atoms with Gasteiger partial charge in [0, 0.05) is 17.1 Å². The predicted molar refractivity (Wildman–Crippen MR) is 88.8 cm³/mol. The van der Waals surface area contributed by atoms with Crippen molar-refractivity contribution in [3.05, 3.63) is 34.9 Å². The van der Waals surface area contributed by atoms with E-state index < -0.39 is 6.04 Å². The minimum Gasteiger partial charge on any atom is -0.354 e. The lowest BCUT2D eigenvalue weighted by Gasteiger charge is -2.20. The van der Waals surface area contributed by atoms with E-state index in [1.807, 2.05) is 13.8 Å². The Morgan fingerprint density at radius 3 is 2.41 bits per heavy atom. The third kappa shape index (κ3) is 6.45. The van der Waals surface area contributed by atoms with Gasteiger partial charge in [0.05, 0.1) is 0 Å². The number of nitrogens with two attached hydrogens (primary N) is 1. The second-order valence-corrected chi connectivity index (χ2v) is 6.03. The highest BCUT2D eigenvalue weighted by Crippen LogP contribution is 2.11. The zero-order valence-corrected chi connectivity index (χ0v) is 13.8. The number of hydrogen-bond donors (Lipinski definition) is 3. The zero-order chi connectivity index (χ0) is 16.5. The van der Waals surface area contributed by atoms with Gasteiger partial charge in [-0.25, -0.2) is 0 Å². The van der Waals surface area contributed by atoms with Gasteiger partial charge in [-0.3, -0.25) is 9.59 Å². The molecule has 0 saturated carbocycles. The average molecular weight is 326 g/mol. The Balaban J connectivity index is 2.69. The van der Waals surface area contributed by atoms with Gasteiger partial charge in [0.15, 0.2) is 0 Å². The maximum absolute atomic E-state index is 12.2. The topological polar surface area (TPSA) is 84.2 Å². The number of rotatable bonds is 8. The van der Waals surface area contributed by atoms with Gasteiger partial charge in [0.1, 0.15) is 6.04 Å². The molecule has 22 heavy (non-hydrogen) atoms. The Morgan fingerprint density at radius 1 is 1.23 bits per heavy atom. The van der Waals surface area contributed by atoms with E-state index in [2.05, 4.69) is 10.6 Å². The molecule has 4 N–H and O–H groups in total. The van der Waals surface area contributed by atoms with Crippen LogP contribution in [-0.4, -0.2) is 30.9 Å². The fourth-order valence-corrected chi connectivity index (χ4v) is 2.11. The molecular formula is C16H24ClN3O2. The molecule has 0 saturated heterocycles. The molecule has 0 aliphatic heterocycles. The van der Waals surface area contributed by atoms with Crippen molar-refractivity contribution in [1.29, 1.82) is 0 Å². The summed E-state index contributed by atoms with van der Waals surface area (Å²) in [4.78, 5) is 24.4. The predicted octanol–water partition coefficient (Wildman–Crippen LogP) is 1.95. The Hall–Kier alpha value is -1.59. The highest BCUT2D eigenvalue weighted by Gasteiger charge is 2.22. The molecule has 0 aliphatic carbocycles. The molecule has 1 aromatic rings. The van der Waals surface area contributed by atoms with Gasteiger partial charge < -0.3 is 16.4 Å². The normalized spacial score (nSPS) is 12.0. The largest absolute Gasteiger partial charge is 0.354 e. The van der Waals surface area contributed by atoms with Crippen LogP contribution >= 0.6 is 11.6 Å². The van der Waals surface area contributed by atoms with Crippen LogP contribution in [0.1, 0.15) is 37.0 Å². The van der Waals surface area contributed by atoms with E-state index in [0.29, 0.717) is 36.5 Å². The van der Waals surface area contributed by atoms with Crippen LogP contribution in [-0.2, 0) is 4.79 Å². The second kappa shape index (κ2) is 9.43. The van der Waals surface area contributed by atoms with E-state index in [4.69, 9.17) is 17.3 Å². The fourth-order valence-electron chi connectivity index (χ4n) is 1.98. The molecular weight excluding hydrogens is 302 g/mol. The summed E-state index contributed by atoms with van der Waals surface area (Å²) in [6, 6.07) is 6.01. The summed E-state index contributed by atoms with van der Waals surface area (Å²) < 4.78 is 0. The van der Waals surface area contributed by atoms with Crippen molar-refractivity contribution < 1.29 is 9.59 Å². The van der Waals surface area contributed by atoms with Crippen LogP contribution in [0.2, 0.25) is 5.02 Å². The van der Waals surface area contributed by atoms with Gasteiger partial charge in [0.25, 0.3) is 5.91 Å². The number of hydrogen-bond acceptors (Lipinski definition) is 3. The molecule has 0 fully saturated rings. The number of carbonyl (C=O) groups is 2. The molecule has 0 aliphatic rings. The molecule has 1 rings (SSSR count). The average Bonchev–Trinajstić information content (AvgIpc) is 2.46. The van der Waals surface area contributed by atoms with E-state index in [9.17, 15) is 9.59 Å². The SMILES string of the molecule is CC(C)CC(NC(=O)c1ccc(Cl)cc1)C(=O)NCCCN. The van der Waals surface area contributed by atoms with Crippen LogP contribution in [0.25, 0.3) is 0 Å². The standard InChI is InChI=1S/C16H24ClN3O2/c1-11(2)10-14(16(22)19-9-3-8-18)20-15(21)12-4-6-13(17)7-5-12/h4-7,11,14H,3,8-10,18H2,1-2H3,(H,19,22)(H,20,21). The first kappa shape index (κ1) is 18.5. The van der Waals surface area contributed by atoms with Gasteiger partial charge in [-0.1, -0.05) is 25.4 Å². The minimum atomic E-state index is -0.555. The maximum atomic E-state index is 12.2. The molecule has 1 unspecified atom stereocenters. The van der Waals surface area contributed by atoms with Crippen LogP contribution in [0.4, 0.5) is 0 Å². The van der Waals surface area contributed by atoms with Crippen LogP contribution < -0.4 is 16.4 Å². The van der Waals surface area contributed by atoms with E-state index in [1.165, 1.54) is 0 Å². The lowest BCUT2D eigenvalue weighted by molar-refractivity contribution is -0.123. The number of nitrogens with one attached hydrogen (secondary N) is 2. The van der Waals surface area contributed by atoms with Crippen molar-refractivity contribution in [2.24, 2.45) is 11.7 Å². The molecule has 122 valence electrons. The summed E-state index contributed by atoms with van der Waals surface area (Å²) in [5.41, 5.74) is 5.89. The Morgan fingerprint density at radius 2 is 1.86 bits per heavy atom. The number of carbonyl (C=O) groups excluding carboxylic acids is 2. The lowest BCUT2D eigenvalue weighted by Crippen LogP contribution is -2.47. The molecule has 5 nitrogen and oxygen atoms in total. The lowest BCUT2D eigenvalue weighted by atomic mass is 10.0. The monoisotopic (exact) mass is 325 g/mol. The van der Waals surface area contributed by atoms with E-state index in [1.54, 1.807) is 24.3 Å². The summed E-state index contributed by atoms with van der Waals surface area (Å²) in [6.07, 6.45) is 1.29. The van der Waals surface area contributed by atoms with Gasteiger partial charge in [-0.05, 0) is 49.6 Å². The van der Waals surface area contributed by atoms with Gasteiger partial charge >= 0.3 is 0 Å². The highest BCUT2D eigenvalue weighted by atomic mass is 35.5. The quantitative estimate of drug-likeness (QED) is 0.639. The summed E-state index contributed by atoms with van der Waals surface area (Å²) in [5.74, 6) is -0.170. The van der Waals surface area contributed by atoms with Crippen LogP contribution in [0.5, 0.6) is 0 Å². The first-order chi connectivity index (χ1) is 10.4. The molecule has 0 radical (unpaired) electrons. The number of benzene rings is 1. The van der Waals surface area contributed by atoms with Gasteiger partial charge in [-0.15, -0.1) is 0 Å². The third-order valence-electron chi connectivity index (χ3n) is 3.12. The molecule has 2 amide bonds. The van der Waals surface area contributed by atoms with Crippen molar-refractivity contribution in [3.8, 4) is 0 Å². The highest BCUT2D eigenvalue weighted by molar-refractivity contribution is 6.30. The van der Waals surface area contributed by atoms with E-state index >= 15 is 0 Å². The minimum absolute atomic E-state index is 0.176. The van der Waals surface area contributed by atoms with Crippen LogP contribution in [0.15, 0.2) is 24.3 Å². The van der Waals surface area contributed by atoms with Crippen molar-refractivity contribution in [2.45, 2.75) is 32.7 Å². The van der Waals surface area contributed by atoms with Crippen molar-refractivity contribution >= 4 is 23.4 Å². The first-order valence-corrected chi connectivity index (χ1v) is 7.86. The number of amides is 2. The third-order valence-corrected chi connectivity index (χ3v) is 3.37. The summed E-state index contributed by atoms with van der Waals surface area (Å²) in [5, 5.41) is 6.15. The molecule has 1 atom stereocenters. The van der Waals surface area contributed by atoms with Crippen molar-refractivity contribution in [3.63, 3.8) is 0 Å². The Kier molecular flexibility index (Phi) is 7.91. The molecule has 0 aromatic heterocycles. The summed E-state index contributed by atoms with van der Waals surface area (Å²) in [7, 11) is 0. The van der Waals surface area contributed by atoms with Gasteiger partial charge in [0.2, 0.25) is 5.91 Å². The Labute approximate surface area is 136 Å². The molecule has 0 bridgehead atoms. The molecule has 1 aromatic carbocycles. The Bertz CT molecular complexity index is 489. The zero-order valence-electron chi connectivity index (χ0n) is 13.1. The maximum Gasteiger partial charge on any atom is 0.251 e. The first-order valence-electron chi connectivity index (χ1n) is 7.48. The number of halogens is 1. The van der Waals surface area contributed by atoms with Crippen molar-refractivity contribution in [2.75, 3.05) is 13.1 Å².